The van der Waals surface area contributed by atoms with E-state index >= 15 is 0 Å². The minimum atomic E-state index is -2.31. The fourth-order valence-electron chi connectivity index (χ4n) is 2.20. The van der Waals surface area contributed by atoms with Gasteiger partial charge < -0.3 is 10.2 Å². The Kier molecular flexibility index (Phi) is 16.9. The molecule has 3 N–H and O–H groups in total. The zero-order valence-electron chi connectivity index (χ0n) is 15.2. The number of hydrogen-bond acceptors (Lipinski definition) is 4. The van der Waals surface area contributed by atoms with Crippen LogP contribution < -0.4 is 5.32 Å². The zero-order chi connectivity index (χ0) is 16.7. The van der Waals surface area contributed by atoms with E-state index in [4.69, 9.17) is 0 Å². The van der Waals surface area contributed by atoms with Crippen LogP contribution >= 0.6 is 10.6 Å². The van der Waals surface area contributed by atoms with Crippen molar-refractivity contribution in [2.24, 2.45) is 0 Å². The summed E-state index contributed by atoms with van der Waals surface area (Å²) >= 11 is 0. The summed E-state index contributed by atoms with van der Waals surface area (Å²) in [6.07, 6.45) is 7.49. The average molecular weight is 325 g/mol. The molecule has 0 aromatic rings. The molecule has 0 bridgehead atoms. The Balaban J connectivity index is 0. The molecular weight excluding hydrogens is 284 g/mol. The largest absolute Gasteiger partial charge is 0.318 e. The molecule has 1 rings (SSSR count). The average Bonchev–Trinajstić information content (AvgIpc) is 2.48. The normalized spacial score (nSPS) is 17.3. The number of nitrogens with zero attached hydrogens (tertiary/aromatic N) is 1. The van der Waals surface area contributed by atoms with Gasteiger partial charge in [-0.1, -0.05) is 47.0 Å². The van der Waals surface area contributed by atoms with Gasteiger partial charge in [-0.2, -0.15) is 10.6 Å². The maximum absolute atomic E-state index is 9.51. The first-order valence-corrected chi connectivity index (χ1v) is 10.6. The standard InChI is InChI=1S/C9H22N2O2S.C5H12.C2H6/c1-10-5-8-11-6-3-9(4-7-11)14(2,12)13;1-3-5-4-2;1-2/h9-10,12-13H,3-8H2,1-2H3;3-5H2,1-2H3;1-2H3. The van der Waals surface area contributed by atoms with E-state index in [1.807, 2.05) is 20.9 Å². The van der Waals surface area contributed by atoms with Gasteiger partial charge in [0.1, 0.15) is 0 Å². The third-order valence-corrected chi connectivity index (χ3v) is 5.29. The molecule has 0 saturated carbocycles. The summed E-state index contributed by atoms with van der Waals surface area (Å²) in [5.41, 5.74) is 0. The van der Waals surface area contributed by atoms with E-state index < -0.39 is 10.6 Å². The van der Waals surface area contributed by atoms with Crippen LogP contribution in [0.5, 0.6) is 0 Å². The summed E-state index contributed by atoms with van der Waals surface area (Å²) < 4.78 is 19.0. The molecule has 0 aromatic carbocycles. The molecule has 1 aliphatic heterocycles. The molecular formula is C16H40N2O2S. The van der Waals surface area contributed by atoms with E-state index in [1.54, 1.807) is 6.26 Å². The Bertz CT molecular complexity index is 201. The van der Waals surface area contributed by atoms with Crippen LogP contribution in [0.15, 0.2) is 0 Å². The molecule has 1 fully saturated rings. The predicted molar refractivity (Wildman–Crippen MR) is 98.7 cm³/mol. The highest BCUT2D eigenvalue weighted by molar-refractivity contribution is 8.24. The molecule has 132 valence electrons. The number of unbranched alkanes of at least 4 members (excludes halogenated alkanes) is 2. The lowest BCUT2D eigenvalue weighted by Gasteiger charge is -2.41. The zero-order valence-corrected chi connectivity index (χ0v) is 16.0. The highest BCUT2D eigenvalue weighted by Gasteiger charge is 2.26. The molecule has 0 unspecified atom stereocenters. The SMILES string of the molecule is CC.CCCCC.CNCCN1CCC(S(C)(O)O)CC1. The molecule has 0 aromatic heterocycles. The van der Waals surface area contributed by atoms with E-state index in [9.17, 15) is 9.11 Å². The van der Waals surface area contributed by atoms with Gasteiger partial charge in [0.2, 0.25) is 0 Å². The van der Waals surface area contributed by atoms with Crippen LogP contribution in [0.4, 0.5) is 0 Å². The van der Waals surface area contributed by atoms with Crippen LogP contribution in [0.3, 0.4) is 0 Å². The summed E-state index contributed by atoms with van der Waals surface area (Å²) in [5.74, 6) is 0. The molecule has 0 atom stereocenters. The summed E-state index contributed by atoms with van der Waals surface area (Å²) in [6.45, 7) is 12.5. The van der Waals surface area contributed by atoms with Crippen molar-refractivity contribution >= 4 is 10.6 Å². The second-order valence-electron chi connectivity index (χ2n) is 5.39. The van der Waals surface area contributed by atoms with Crippen molar-refractivity contribution in [3.05, 3.63) is 0 Å². The van der Waals surface area contributed by atoms with Gasteiger partial charge in [0.05, 0.1) is 5.25 Å². The second-order valence-corrected chi connectivity index (χ2v) is 7.84. The number of rotatable bonds is 6. The predicted octanol–water partition coefficient (Wildman–Crippen LogP) is 4.27. The second kappa shape index (κ2) is 15.1. The monoisotopic (exact) mass is 324 g/mol. The molecule has 0 spiro atoms. The van der Waals surface area contributed by atoms with Gasteiger partial charge >= 0.3 is 0 Å². The Morgan fingerprint density at radius 2 is 1.57 bits per heavy atom. The lowest BCUT2D eigenvalue weighted by molar-refractivity contribution is 0.228. The third-order valence-electron chi connectivity index (χ3n) is 3.55. The van der Waals surface area contributed by atoms with Gasteiger partial charge in [-0.15, -0.1) is 0 Å². The Morgan fingerprint density at radius 3 is 1.86 bits per heavy atom. The fourth-order valence-corrected chi connectivity index (χ4v) is 3.31. The summed E-state index contributed by atoms with van der Waals surface area (Å²) in [4.78, 5) is 2.37. The first-order valence-electron chi connectivity index (χ1n) is 8.54. The van der Waals surface area contributed by atoms with Crippen molar-refractivity contribution in [2.75, 3.05) is 39.5 Å². The van der Waals surface area contributed by atoms with Crippen molar-refractivity contribution in [3.63, 3.8) is 0 Å². The van der Waals surface area contributed by atoms with Gasteiger partial charge in [-0.25, -0.2) is 0 Å². The van der Waals surface area contributed by atoms with Gasteiger partial charge in [-0.3, -0.25) is 9.11 Å². The molecule has 1 heterocycles. The van der Waals surface area contributed by atoms with Crippen LogP contribution in [0.1, 0.15) is 59.8 Å². The minimum Gasteiger partial charge on any atom is -0.318 e. The molecule has 0 radical (unpaired) electrons. The first-order chi connectivity index (χ1) is 9.95. The molecule has 5 heteroatoms. The van der Waals surface area contributed by atoms with E-state index in [-0.39, 0.29) is 5.25 Å². The van der Waals surface area contributed by atoms with Gasteiger partial charge in [0, 0.05) is 19.3 Å². The van der Waals surface area contributed by atoms with Crippen LogP contribution in [0.2, 0.25) is 0 Å². The fraction of sp³-hybridized carbons (Fsp3) is 1.00. The smallest absolute Gasteiger partial charge is 0.0506 e. The number of hydrogen-bond donors (Lipinski definition) is 3. The molecule has 21 heavy (non-hydrogen) atoms. The van der Waals surface area contributed by atoms with E-state index in [1.165, 1.54) is 19.3 Å². The Hall–Kier alpha value is 0.190. The number of piperidine rings is 1. The molecule has 0 aliphatic carbocycles. The van der Waals surface area contributed by atoms with E-state index in [2.05, 4.69) is 24.1 Å². The number of likely N-dealkylation sites (N-methyl/N-ethyl adjacent to an activating group) is 1. The van der Waals surface area contributed by atoms with Gasteiger partial charge in [0.15, 0.2) is 0 Å². The highest BCUT2D eigenvalue weighted by Crippen LogP contribution is 2.44. The minimum absolute atomic E-state index is 0.119. The Morgan fingerprint density at radius 1 is 1.10 bits per heavy atom. The quantitative estimate of drug-likeness (QED) is 0.683. The van der Waals surface area contributed by atoms with Crippen LogP contribution in [0.25, 0.3) is 0 Å². The van der Waals surface area contributed by atoms with Crippen molar-refractivity contribution in [2.45, 2.75) is 65.0 Å². The Labute approximate surface area is 135 Å². The first kappa shape index (κ1) is 23.5. The van der Waals surface area contributed by atoms with Crippen molar-refractivity contribution in [1.29, 1.82) is 0 Å². The lowest BCUT2D eigenvalue weighted by Crippen LogP contribution is -2.40. The number of likely N-dealkylation sites (tertiary alicyclic amines) is 1. The number of nitrogens with one attached hydrogen (secondary N) is 1. The maximum atomic E-state index is 9.51. The topological polar surface area (TPSA) is 55.7 Å². The van der Waals surface area contributed by atoms with Crippen molar-refractivity contribution in [3.8, 4) is 0 Å². The van der Waals surface area contributed by atoms with E-state index in [0.29, 0.717) is 0 Å². The maximum Gasteiger partial charge on any atom is 0.0506 e. The summed E-state index contributed by atoms with van der Waals surface area (Å²) in [6, 6.07) is 0. The van der Waals surface area contributed by atoms with Crippen LogP contribution in [-0.2, 0) is 0 Å². The highest BCUT2D eigenvalue weighted by atomic mass is 32.3. The van der Waals surface area contributed by atoms with Gasteiger partial charge in [-0.05, 0) is 33.0 Å². The molecule has 4 nitrogen and oxygen atoms in total. The summed E-state index contributed by atoms with van der Waals surface area (Å²) in [7, 11) is -0.358. The molecule has 0 amide bonds. The van der Waals surface area contributed by atoms with Crippen molar-refractivity contribution in [1.82, 2.24) is 10.2 Å². The molecule has 1 saturated heterocycles. The summed E-state index contributed by atoms with van der Waals surface area (Å²) in [5, 5.41) is 3.24. The van der Waals surface area contributed by atoms with E-state index in [0.717, 1.165) is 39.0 Å². The van der Waals surface area contributed by atoms with Crippen LogP contribution in [0, 0.1) is 0 Å². The lowest BCUT2D eigenvalue weighted by atomic mass is 10.1. The van der Waals surface area contributed by atoms with Crippen molar-refractivity contribution < 1.29 is 9.11 Å². The van der Waals surface area contributed by atoms with Crippen LogP contribution in [-0.4, -0.2) is 58.7 Å². The molecule has 1 aliphatic rings. The van der Waals surface area contributed by atoms with Gasteiger partial charge in [0.25, 0.3) is 0 Å². The third kappa shape index (κ3) is 13.6.